The molecule has 0 saturated heterocycles. The van der Waals surface area contributed by atoms with Gasteiger partial charge in [-0.2, -0.15) is 0 Å². The van der Waals surface area contributed by atoms with Gasteiger partial charge in [-0.15, -0.1) is 22.9 Å². The third-order valence-corrected chi connectivity index (χ3v) is 3.49. The van der Waals surface area contributed by atoms with E-state index < -0.39 is 0 Å². The van der Waals surface area contributed by atoms with Crippen LogP contribution in [0.1, 0.15) is 18.5 Å². The van der Waals surface area contributed by atoms with Gasteiger partial charge in [0.1, 0.15) is 0 Å². The molecule has 1 fully saturated rings. The van der Waals surface area contributed by atoms with E-state index in [2.05, 4.69) is 10.3 Å². The number of nitrogens with zero attached hydrogens (tertiary/aromatic N) is 1. The average Bonchev–Trinajstić information content (AvgIpc) is 2.71. The zero-order chi connectivity index (χ0) is 8.60. The number of aryl methyl sites for hydroxylation is 1. The number of rotatable bonds is 3. The van der Waals surface area contributed by atoms with Gasteiger partial charge in [0.2, 0.25) is 0 Å². The maximum absolute atomic E-state index is 5.83. The number of alkyl halides is 1. The van der Waals surface area contributed by atoms with Crippen molar-refractivity contribution < 1.29 is 0 Å². The molecule has 66 valence electrons. The van der Waals surface area contributed by atoms with Crippen molar-refractivity contribution >= 4 is 28.1 Å². The van der Waals surface area contributed by atoms with E-state index in [0.717, 1.165) is 10.8 Å². The van der Waals surface area contributed by atoms with Gasteiger partial charge in [0.05, 0.1) is 11.2 Å². The molecule has 2 nitrogen and oxygen atoms in total. The van der Waals surface area contributed by atoms with Crippen LogP contribution in [0.5, 0.6) is 0 Å². The van der Waals surface area contributed by atoms with Crippen LogP contribution in [-0.4, -0.2) is 16.4 Å². The number of hydrogen-bond acceptors (Lipinski definition) is 3. The molecule has 0 spiro atoms. The second-order valence-electron chi connectivity index (χ2n) is 3.33. The normalized spacial score (nSPS) is 19.2. The molecule has 0 aliphatic heterocycles. The molecule has 0 amide bonds. The molecule has 1 aliphatic carbocycles. The fraction of sp³-hybridized carbons (Fsp3) is 0.625. The topological polar surface area (TPSA) is 24.9 Å². The van der Waals surface area contributed by atoms with E-state index in [-0.39, 0.29) is 5.54 Å². The minimum Gasteiger partial charge on any atom is -0.355 e. The summed E-state index contributed by atoms with van der Waals surface area (Å²) >= 11 is 7.48. The summed E-state index contributed by atoms with van der Waals surface area (Å²) in [6, 6.07) is 0. The van der Waals surface area contributed by atoms with Crippen molar-refractivity contribution in [1.29, 1.82) is 0 Å². The van der Waals surface area contributed by atoms with Crippen molar-refractivity contribution in [2.45, 2.75) is 25.3 Å². The lowest BCUT2D eigenvalue weighted by Gasteiger charge is -2.11. The van der Waals surface area contributed by atoms with Crippen molar-refractivity contribution in [3.05, 3.63) is 11.1 Å². The quantitative estimate of drug-likeness (QED) is 0.763. The molecule has 0 bridgehead atoms. The summed E-state index contributed by atoms with van der Waals surface area (Å²) in [6.07, 6.45) is 2.35. The Bertz CT molecular complexity index is 280. The van der Waals surface area contributed by atoms with Crippen molar-refractivity contribution in [3.8, 4) is 0 Å². The number of thiazole rings is 1. The molecule has 12 heavy (non-hydrogen) atoms. The predicted molar refractivity (Wildman–Crippen MR) is 53.2 cm³/mol. The van der Waals surface area contributed by atoms with Crippen LogP contribution >= 0.6 is 22.9 Å². The van der Waals surface area contributed by atoms with Crippen LogP contribution in [0, 0.1) is 6.92 Å². The second kappa shape index (κ2) is 2.89. The second-order valence-corrected chi connectivity index (χ2v) is 4.46. The van der Waals surface area contributed by atoms with Gasteiger partial charge in [0.25, 0.3) is 0 Å². The molecule has 1 heterocycles. The van der Waals surface area contributed by atoms with Crippen molar-refractivity contribution in [2.75, 3.05) is 11.2 Å². The first kappa shape index (κ1) is 8.32. The zero-order valence-corrected chi connectivity index (χ0v) is 8.50. The van der Waals surface area contributed by atoms with E-state index >= 15 is 0 Å². The average molecular weight is 203 g/mol. The maximum Gasteiger partial charge on any atom is 0.183 e. The van der Waals surface area contributed by atoms with Crippen molar-refractivity contribution in [1.82, 2.24) is 4.98 Å². The largest absolute Gasteiger partial charge is 0.355 e. The van der Waals surface area contributed by atoms with Gasteiger partial charge >= 0.3 is 0 Å². The molecule has 1 aromatic rings. The summed E-state index contributed by atoms with van der Waals surface area (Å²) in [5.41, 5.74) is 1.25. The van der Waals surface area contributed by atoms with Gasteiger partial charge < -0.3 is 5.32 Å². The summed E-state index contributed by atoms with van der Waals surface area (Å²) in [4.78, 5) is 4.33. The molecule has 1 aromatic heterocycles. The lowest BCUT2D eigenvalue weighted by atomic mass is 10.3. The predicted octanol–water partition coefficient (Wildman–Crippen LogP) is 2.63. The number of nitrogens with one attached hydrogen (secondary N) is 1. The van der Waals surface area contributed by atoms with Gasteiger partial charge in [0, 0.05) is 11.3 Å². The SMILES string of the molecule is Cc1csc(NC2(CCl)CC2)n1. The van der Waals surface area contributed by atoms with Gasteiger partial charge in [0.15, 0.2) is 5.13 Å². The Hall–Kier alpha value is -0.280. The minimum absolute atomic E-state index is 0.172. The highest BCUT2D eigenvalue weighted by Gasteiger charge is 2.42. The van der Waals surface area contributed by atoms with E-state index in [1.54, 1.807) is 11.3 Å². The Balaban J connectivity index is 2.04. The summed E-state index contributed by atoms with van der Waals surface area (Å²) in [5, 5.41) is 6.43. The number of hydrogen-bond donors (Lipinski definition) is 1. The fourth-order valence-electron chi connectivity index (χ4n) is 1.08. The van der Waals surface area contributed by atoms with E-state index in [1.807, 2.05) is 12.3 Å². The Morgan fingerprint density at radius 2 is 2.50 bits per heavy atom. The summed E-state index contributed by atoms with van der Waals surface area (Å²) < 4.78 is 0. The molecule has 0 radical (unpaired) electrons. The lowest BCUT2D eigenvalue weighted by molar-refractivity contribution is 0.834. The third kappa shape index (κ3) is 1.57. The van der Waals surface area contributed by atoms with Crippen molar-refractivity contribution in [3.63, 3.8) is 0 Å². The summed E-state index contributed by atoms with van der Waals surface area (Å²) in [6.45, 7) is 2.00. The highest BCUT2D eigenvalue weighted by Crippen LogP contribution is 2.40. The zero-order valence-electron chi connectivity index (χ0n) is 6.93. The molecule has 2 rings (SSSR count). The molecule has 0 aromatic carbocycles. The van der Waals surface area contributed by atoms with Crippen LogP contribution < -0.4 is 5.32 Å². The third-order valence-electron chi connectivity index (χ3n) is 2.10. The first-order valence-corrected chi connectivity index (χ1v) is 5.42. The molecule has 1 aliphatic rings. The Labute approximate surface area is 81.0 Å². The smallest absolute Gasteiger partial charge is 0.183 e. The Morgan fingerprint density at radius 3 is 2.92 bits per heavy atom. The number of anilines is 1. The van der Waals surface area contributed by atoms with E-state index in [9.17, 15) is 0 Å². The lowest BCUT2D eigenvalue weighted by Crippen LogP contribution is -2.22. The molecular formula is C8H11ClN2S. The van der Waals surface area contributed by atoms with Crippen LogP contribution in [-0.2, 0) is 0 Å². The maximum atomic E-state index is 5.83. The van der Waals surface area contributed by atoms with Crippen LogP contribution in [0.2, 0.25) is 0 Å². The standard InChI is InChI=1S/C8H11ClN2S/c1-6-4-12-7(10-6)11-8(5-9)2-3-8/h4H,2-3,5H2,1H3,(H,10,11). The van der Waals surface area contributed by atoms with Gasteiger partial charge in [-0.25, -0.2) is 4.98 Å². The van der Waals surface area contributed by atoms with Gasteiger partial charge in [-0.3, -0.25) is 0 Å². The summed E-state index contributed by atoms with van der Waals surface area (Å²) in [5.74, 6) is 0.686. The Morgan fingerprint density at radius 1 is 1.75 bits per heavy atom. The number of aromatic nitrogens is 1. The van der Waals surface area contributed by atoms with Crippen molar-refractivity contribution in [2.24, 2.45) is 0 Å². The molecule has 0 atom stereocenters. The van der Waals surface area contributed by atoms with E-state index in [0.29, 0.717) is 5.88 Å². The Kier molecular flexibility index (Phi) is 2.00. The van der Waals surface area contributed by atoms with E-state index in [4.69, 9.17) is 11.6 Å². The minimum atomic E-state index is 0.172. The van der Waals surface area contributed by atoms with E-state index in [1.165, 1.54) is 12.8 Å². The highest BCUT2D eigenvalue weighted by atomic mass is 35.5. The fourth-order valence-corrected chi connectivity index (χ4v) is 2.22. The molecule has 4 heteroatoms. The first-order chi connectivity index (χ1) is 5.74. The van der Waals surface area contributed by atoms with Crippen LogP contribution in [0.25, 0.3) is 0 Å². The number of halogens is 1. The highest BCUT2D eigenvalue weighted by molar-refractivity contribution is 7.13. The van der Waals surface area contributed by atoms with Crippen LogP contribution in [0.4, 0.5) is 5.13 Å². The molecule has 0 unspecified atom stereocenters. The van der Waals surface area contributed by atoms with Crippen LogP contribution in [0.15, 0.2) is 5.38 Å². The molecular weight excluding hydrogens is 192 g/mol. The first-order valence-electron chi connectivity index (χ1n) is 4.00. The summed E-state index contributed by atoms with van der Waals surface area (Å²) in [7, 11) is 0. The molecule has 1 N–H and O–H groups in total. The van der Waals surface area contributed by atoms with Crippen LogP contribution in [0.3, 0.4) is 0 Å². The van der Waals surface area contributed by atoms with Gasteiger partial charge in [-0.1, -0.05) is 0 Å². The monoisotopic (exact) mass is 202 g/mol. The molecule has 1 saturated carbocycles. The van der Waals surface area contributed by atoms with Gasteiger partial charge in [-0.05, 0) is 19.8 Å².